The number of rotatable bonds is 10. The number of benzene rings is 1. The zero-order valence-corrected chi connectivity index (χ0v) is 20.5. The van der Waals surface area contributed by atoms with Gasteiger partial charge in [0.05, 0.1) is 39.2 Å². The Kier molecular flexibility index (Phi) is 9.09. The normalized spacial score (nSPS) is 18.3. The molecule has 0 spiro atoms. The smallest absolute Gasteiger partial charge is 0.236 e. The van der Waals surface area contributed by atoms with E-state index in [1.54, 1.807) is 20.4 Å². The van der Waals surface area contributed by atoms with E-state index in [0.29, 0.717) is 43.7 Å². The summed E-state index contributed by atoms with van der Waals surface area (Å²) in [7, 11) is 3.28. The fraction of sp³-hybridized carbons (Fsp3) is 0.538. The maximum Gasteiger partial charge on any atom is 0.236 e. The van der Waals surface area contributed by atoms with E-state index in [-0.39, 0.29) is 18.1 Å². The molecule has 0 radical (unpaired) electrons. The van der Waals surface area contributed by atoms with Gasteiger partial charge in [-0.15, -0.1) is 0 Å². The van der Waals surface area contributed by atoms with Crippen molar-refractivity contribution in [2.24, 2.45) is 5.92 Å². The maximum atomic E-state index is 13.1. The van der Waals surface area contributed by atoms with Crippen molar-refractivity contribution in [3.8, 4) is 11.5 Å². The molecule has 7 nitrogen and oxygen atoms in total. The summed E-state index contributed by atoms with van der Waals surface area (Å²) in [5, 5.41) is 0. The van der Waals surface area contributed by atoms with E-state index < -0.39 is 0 Å². The van der Waals surface area contributed by atoms with Crippen molar-refractivity contribution in [1.82, 2.24) is 14.8 Å². The van der Waals surface area contributed by atoms with Crippen molar-refractivity contribution in [1.29, 1.82) is 0 Å². The molecule has 1 aromatic carbocycles. The van der Waals surface area contributed by atoms with Gasteiger partial charge in [-0.25, -0.2) is 0 Å². The standard InChI is InChI=1S/C26H37N3O4/c1-19(2)14-29-16-23(33-18-22-8-6-7-11-27-22)15-28(17-26(29)30)20(3)12-21-9-10-24(31-4)25(13-21)32-5/h6-11,13,19-20,23H,12,14-18H2,1-5H3. The lowest BCUT2D eigenvalue weighted by Crippen LogP contribution is -2.42. The average molecular weight is 456 g/mol. The molecule has 2 aromatic rings. The van der Waals surface area contributed by atoms with Gasteiger partial charge in [0.15, 0.2) is 11.5 Å². The van der Waals surface area contributed by atoms with E-state index in [4.69, 9.17) is 14.2 Å². The van der Waals surface area contributed by atoms with Crippen LogP contribution in [0.2, 0.25) is 0 Å². The van der Waals surface area contributed by atoms with Crippen molar-refractivity contribution < 1.29 is 19.0 Å². The summed E-state index contributed by atoms with van der Waals surface area (Å²) < 4.78 is 17.1. The Morgan fingerprint density at radius 3 is 2.52 bits per heavy atom. The number of amides is 1. The van der Waals surface area contributed by atoms with Crippen LogP contribution in [0.5, 0.6) is 11.5 Å². The molecule has 2 heterocycles. The second-order valence-corrected chi connectivity index (χ2v) is 9.12. The Morgan fingerprint density at radius 1 is 1.06 bits per heavy atom. The Balaban J connectivity index is 1.72. The number of nitrogens with zero attached hydrogens (tertiary/aromatic N) is 3. The molecule has 7 heteroatoms. The van der Waals surface area contributed by atoms with Crippen LogP contribution in [0.4, 0.5) is 0 Å². The molecule has 180 valence electrons. The minimum atomic E-state index is -0.0786. The lowest BCUT2D eigenvalue weighted by Gasteiger charge is -2.29. The van der Waals surface area contributed by atoms with Crippen LogP contribution in [-0.4, -0.2) is 73.2 Å². The zero-order chi connectivity index (χ0) is 23.8. The number of methoxy groups -OCH3 is 2. The van der Waals surface area contributed by atoms with Crippen molar-refractivity contribution in [3.05, 3.63) is 53.9 Å². The molecular formula is C26H37N3O4. The van der Waals surface area contributed by atoms with E-state index >= 15 is 0 Å². The molecule has 1 fully saturated rings. The largest absolute Gasteiger partial charge is 0.493 e. The lowest BCUT2D eigenvalue weighted by molar-refractivity contribution is -0.132. The van der Waals surface area contributed by atoms with Gasteiger partial charge in [-0.1, -0.05) is 26.0 Å². The molecule has 33 heavy (non-hydrogen) atoms. The molecule has 2 unspecified atom stereocenters. The molecule has 3 rings (SSSR count). The van der Waals surface area contributed by atoms with Crippen LogP contribution in [0.15, 0.2) is 42.6 Å². The second kappa shape index (κ2) is 12.0. The Labute approximate surface area is 197 Å². The van der Waals surface area contributed by atoms with E-state index in [1.807, 2.05) is 35.2 Å². The summed E-state index contributed by atoms with van der Waals surface area (Å²) in [5.41, 5.74) is 2.04. The Hall–Kier alpha value is -2.64. The third kappa shape index (κ3) is 7.17. The van der Waals surface area contributed by atoms with Crippen LogP contribution in [0.3, 0.4) is 0 Å². The van der Waals surface area contributed by atoms with E-state index in [9.17, 15) is 4.79 Å². The van der Waals surface area contributed by atoms with Crippen molar-refractivity contribution >= 4 is 5.91 Å². The number of ether oxygens (including phenoxy) is 3. The minimum absolute atomic E-state index is 0.0786. The molecule has 0 N–H and O–H groups in total. The van der Waals surface area contributed by atoms with Crippen LogP contribution >= 0.6 is 0 Å². The number of carbonyl (C=O) groups excluding carboxylic acids is 1. The van der Waals surface area contributed by atoms with Crippen molar-refractivity contribution in [3.63, 3.8) is 0 Å². The summed E-state index contributed by atoms with van der Waals surface area (Å²) >= 11 is 0. The van der Waals surface area contributed by atoms with Gasteiger partial charge in [0.2, 0.25) is 5.91 Å². The first kappa shape index (κ1) is 25.0. The molecular weight excluding hydrogens is 418 g/mol. The second-order valence-electron chi connectivity index (χ2n) is 9.12. The number of carbonyl (C=O) groups is 1. The average Bonchev–Trinajstić information content (AvgIpc) is 2.96. The molecule has 1 saturated heterocycles. The van der Waals surface area contributed by atoms with E-state index in [0.717, 1.165) is 24.2 Å². The highest BCUT2D eigenvalue weighted by atomic mass is 16.5. The summed E-state index contributed by atoms with van der Waals surface area (Å²) in [6.07, 6.45) is 2.49. The predicted octanol–water partition coefficient (Wildman–Crippen LogP) is 3.42. The molecule has 1 aliphatic rings. The summed E-state index contributed by atoms with van der Waals surface area (Å²) in [4.78, 5) is 21.7. The Morgan fingerprint density at radius 2 is 1.85 bits per heavy atom. The van der Waals surface area contributed by atoms with Crippen LogP contribution in [0.1, 0.15) is 32.0 Å². The fourth-order valence-corrected chi connectivity index (χ4v) is 4.23. The van der Waals surface area contributed by atoms with E-state index in [2.05, 4.69) is 36.7 Å². The Bertz CT molecular complexity index is 890. The maximum absolute atomic E-state index is 13.1. The zero-order valence-electron chi connectivity index (χ0n) is 20.5. The van der Waals surface area contributed by atoms with Crippen LogP contribution in [-0.2, 0) is 22.6 Å². The molecule has 1 aliphatic heterocycles. The molecule has 0 bridgehead atoms. The van der Waals surface area contributed by atoms with E-state index in [1.165, 1.54) is 0 Å². The van der Waals surface area contributed by atoms with Crippen LogP contribution < -0.4 is 9.47 Å². The summed E-state index contributed by atoms with van der Waals surface area (Å²) in [6, 6.07) is 12.0. The third-order valence-electron chi connectivity index (χ3n) is 5.93. The number of hydrogen-bond donors (Lipinski definition) is 0. The quantitative estimate of drug-likeness (QED) is 0.547. The van der Waals surface area contributed by atoms with Gasteiger partial charge in [-0.3, -0.25) is 14.7 Å². The van der Waals surface area contributed by atoms with Gasteiger partial charge < -0.3 is 19.1 Å². The monoisotopic (exact) mass is 455 g/mol. The fourth-order valence-electron chi connectivity index (χ4n) is 4.23. The van der Waals surface area contributed by atoms with Crippen molar-refractivity contribution in [2.45, 2.75) is 45.9 Å². The first-order chi connectivity index (χ1) is 15.9. The van der Waals surface area contributed by atoms with Crippen molar-refractivity contribution in [2.75, 3.05) is 40.4 Å². The highest BCUT2D eigenvalue weighted by molar-refractivity contribution is 5.78. The molecule has 1 aromatic heterocycles. The number of hydrogen-bond acceptors (Lipinski definition) is 6. The third-order valence-corrected chi connectivity index (χ3v) is 5.93. The topological polar surface area (TPSA) is 64.1 Å². The SMILES string of the molecule is COc1ccc(CC(C)N2CC(=O)N(CC(C)C)CC(OCc3ccccn3)C2)cc1OC. The molecule has 0 saturated carbocycles. The number of aromatic nitrogens is 1. The first-order valence-corrected chi connectivity index (χ1v) is 11.6. The first-order valence-electron chi connectivity index (χ1n) is 11.6. The van der Waals surface area contributed by atoms with Gasteiger partial charge >= 0.3 is 0 Å². The highest BCUT2D eigenvalue weighted by Crippen LogP contribution is 2.28. The molecule has 2 atom stereocenters. The predicted molar refractivity (Wildman–Crippen MR) is 129 cm³/mol. The highest BCUT2D eigenvalue weighted by Gasteiger charge is 2.31. The van der Waals surface area contributed by atoms with Gasteiger partial charge in [0.1, 0.15) is 0 Å². The lowest BCUT2D eigenvalue weighted by atomic mass is 10.0. The van der Waals surface area contributed by atoms with Crippen LogP contribution in [0.25, 0.3) is 0 Å². The molecule has 1 amide bonds. The van der Waals surface area contributed by atoms with Gasteiger partial charge in [0, 0.05) is 31.9 Å². The van der Waals surface area contributed by atoms with Gasteiger partial charge in [-0.05, 0) is 49.1 Å². The summed E-state index contributed by atoms with van der Waals surface area (Å²) in [6.45, 7) is 9.31. The van der Waals surface area contributed by atoms with Gasteiger partial charge in [-0.2, -0.15) is 0 Å². The van der Waals surface area contributed by atoms with Crippen LogP contribution in [0, 0.1) is 5.92 Å². The summed E-state index contributed by atoms with van der Waals surface area (Å²) in [5.74, 6) is 1.99. The molecule has 0 aliphatic carbocycles. The van der Waals surface area contributed by atoms with Gasteiger partial charge in [0.25, 0.3) is 0 Å². The minimum Gasteiger partial charge on any atom is -0.493 e. The number of pyridine rings is 1.